The number of nitrogens with zero attached hydrogens (tertiary/aromatic N) is 1. The molecule has 24 heavy (non-hydrogen) atoms. The fraction of sp³-hybridized carbons (Fsp3) is 0.263. The first-order valence-electron chi connectivity index (χ1n) is 8.03. The highest BCUT2D eigenvalue weighted by Gasteiger charge is 2.28. The molecule has 124 valence electrons. The van der Waals surface area contributed by atoms with Crippen molar-refractivity contribution in [3.05, 3.63) is 71.8 Å². The maximum atomic E-state index is 13.0. The first-order chi connectivity index (χ1) is 11.8. The molecule has 1 aliphatic rings. The summed E-state index contributed by atoms with van der Waals surface area (Å²) in [5.41, 5.74) is 1.37. The highest BCUT2D eigenvalue weighted by atomic mass is 32.2. The van der Waals surface area contributed by atoms with Gasteiger partial charge in [0, 0.05) is 30.2 Å². The van der Waals surface area contributed by atoms with Crippen LogP contribution in [-0.2, 0) is 4.79 Å². The first-order valence-corrected chi connectivity index (χ1v) is 9.18. The van der Waals surface area contributed by atoms with Gasteiger partial charge < -0.3 is 10.2 Å². The molecule has 2 amide bonds. The standard InChI is InChI=1S/C19H20N2O2S/c22-18(16-9-5-2-6-10-16)20-17(15-7-3-1-4-8-15)19(23)21-11-13-24-14-12-21/h1-10,17H,11-14H2,(H,20,22)/t17-/m1/s1. The lowest BCUT2D eigenvalue weighted by atomic mass is 10.0. The molecule has 0 saturated carbocycles. The molecular formula is C19H20N2O2S. The molecule has 3 rings (SSSR count). The van der Waals surface area contributed by atoms with Crippen LogP contribution in [0.4, 0.5) is 0 Å². The van der Waals surface area contributed by atoms with Gasteiger partial charge in [-0.25, -0.2) is 0 Å². The second kappa shape index (κ2) is 8.02. The predicted octanol–water partition coefficient (Wildman–Crippen LogP) is 2.73. The van der Waals surface area contributed by atoms with Crippen molar-refractivity contribution in [2.45, 2.75) is 6.04 Å². The molecular weight excluding hydrogens is 320 g/mol. The lowest BCUT2D eigenvalue weighted by Crippen LogP contribution is -2.46. The lowest BCUT2D eigenvalue weighted by Gasteiger charge is -2.30. The Morgan fingerprint density at radius 2 is 1.50 bits per heavy atom. The lowest BCUT2D eigenvalue weighted by molar-refractivity contribution is -0.133. The van der Waals surface area contributed by atoms with Crippen molar-refractivity contribution in [3.63, 3.8) is 0 Å². The molecule has 0 radical (unpaired) electrons. The van der Waals surface area contributed by atoms with Crippen LogP contribution < -0.4 is 5.32 Å². The van der Waals surface area contributed by atoms with Crippen molar-refractivity contribution in [2.24, 2.45) is 0 Å². The maximum Gasteiger partial charge on any atom is 0.252 e. The van der Waals surface area contributed by atoms with E-state index >= 15 is 0 Å². The van der Waals surface area contributed by atoms with Crippen molar-refractivity contribution >= 4 is 23.6 Å². The molecule has 1 heterocycles. The summed E-state index contributed by atoms with van der Waals surface area (Å²) in [5, 5.41) is 2.91. The second-order valence-corrected chi connectivity index (χ2v) is 6.85. The molecule has 0 aromatic heterocycles. The number of hydrogen-bond acceptors (Lipinski definition) is 3. The Hall–Kier alpha value is -2.27. The van der Waals surface area contributed by atoms with Crippen molar-refractivity contribution in [1.82, 2.24) is 10.2 Å². The van der Waals surface area contributed by atoms with Crippen molar-refractivity contribution in [1.29, 1.82) is 0 Å². The molecule has 1 atom stereocenters. The van der Waals surface area contributed by atoms with Gasteiger partial charge in [-0.05, 0) is 17.7 Å². The van der Waals surface area contributed by atoms with E-state index in [4.69, 9.17) is 0 Å². The Bertz CT molecular complexity index is 685. The molecule has 1 fully saturated rings. The van der Waals surface area contributed by atoms with Gasteiger partial charge in [-0.15, -0.1) is 0 Å². The Balaban J connectivity index is 1.82. The zero-order valence-corrected chi connectivity index (χ0v) is 14.2. The van der Waals surface area contributed by atoms with E-state index in [0.29, 0.717) is 5.56 Å². The third kappa shape index (κ3) is 3.97. The van der Waals surface area contributed by atoms with Crippen LogP contribution in [0.15, 0.2) is 60.7 Å². The SMILES string of the molecule is O=C(N[C@@H](C(=O)N1CCSCC1)c1ccccc1)c1ccccc1. The van der Waals surface area contributed by atoms with Crippen molar-refractivity contribution in [3.8, 4) is 0 Å². The van der Waals surface area contributed by atoms with Gasteiger partial charge in [-0.2, -0.15) is 11.8 Å². The van der Waals surface area contributed by atoms with E-state index in [2.05, 4.69) is 5.32 Å². The average Bonchev–Trinajstić information content (AvgIpc) is 2.67. The Morgan fingerprint density at radius 1 is 0.917 bits per heavy atom. The highest BCUT2D eigenvalue weighted by molar-refractivity contribution is 7.99. The minimum absolute atomic E-state index is 0.0363. The summed E-state index contributed by atoms with van der Waals surface area (Å²) in [7, 11) is 0. The number of nitrogens with one attached hydrogen (secondary N) is 1. The number of benzene rings is 2. The molecule has 0 bridgehead atoms. The van der Waals surface area contributed by atoms with Crippen LogP contribution in [0, 0.1) is 0 Å². The third-order valence-corrected chi connectivity index (χ3v) is 4.96. The second-order valence-electron chi connectivity index (χ2n) is 5.62. The van der Waals surface area contributed by atoms with Crippen LogP contribution in [0.2, 0.25) is 0 Å². The number of thioether (sulfide) groups is 1. The van der Waals surface area contributed by atoms with Gasteiger partial charge in [0.2, 0.25) is 5.91 Å². The highest BCUT2D eigenvalue weighted by Crippen LogP contribution is 2.19. The number of hydrogen-bond donors (Lipinski definition) is 1. The van der Waals surface area contributed by atoms with Gasteiger partial charge in [0.05, 0.1) is 0 Å². The molecule has 1 aliphatic heterocycles. The number of amides is 2. The number of carbonyl (C=O) groups is 2. The van der Waals surface area contributed by atoms with Gasteiger partial charge in [0.25, 0.3) is 5.91 Å². The van der Waals surface area contributed by atoms with E-state index in [9.17, 15) is 9.59 Å². The van der Waals surface area contributed by atoms with Crippen LogP contribution in [0.1, 0.15) is 22.0 Å². The Labute approximate surface area is 146 Å². The summed E-state index contributed by atoms with van der Waals surface area (Å²) < 4.78 is 0. The van der Waals surface area contributed by atoms with Crippen LogP contribution in [0.5, 0.6) is 0 Å². The molecule has 0 unspecified atom stereocenters. The smallest absolute Gasteiger partial charge is 0.252 e. The molecule has 5 heteroatoms. The molecule has 1 saturated heterocycles. The van der Waals surface area contributed by atoms with Gasteiger partial charge >= 0.3 is 0 Å². The average molecular weight is 340 g/mol. The van der Waals surface area contributed by atoms with Crippen molar-refractivity contribution in [2.75, 3.05) is 24.6 Å². The van der Waals surface area contributed by atoms with Crippen LogP contribution in [0.25, 0.3) is 0 Å². The van der Waals surface area contributed by atoms with E-state index in [1.54, 1.807) is 12.1 Å². The number of carbonyl (C=O) groups excluding carboxylic acids is 2. The first kappa shape index (κ1) is 16.6. The predicted molar refractivity (Wildman–Crippen MR) is 97.0 cm³/mol. The molecule has 4 nitrogen and oxygen atoms in total. The summed E-state index contributed by atoms with van der Waals surface area (Å²) in [4.78, 5) is 27.3. The Kier molecular flexibility index (Phi) is 5.54. The molecule has 2 aromatic carbocycles. The fourth-order valence-electron chi connectivity index (χ4n) is 2.70. The van der Waals surface area contributed by atoms with Crippen molar-refractivity contribution < 1.29 is 9.59 Å². The summed E-state index contributed by atoms with van der Waals surface area (Å²) in [6.07, 6.45) is 0. The number of rotatable bonds is 4. The quantitative estimate of drug-likeness (QED) is 0.931. The summed E-state index contributed by atoms with van der Waals surface area (Å²) in [5.74, 6) is 1.62. The van der Waals surface area contributed by atoms with Gasteiger partial charge in [-0.3, -0.25) is 9.59 Å². The van der Waals surface area contributed by atoms with Crippen LogP contribution in [-0.4, -0.2) is 41.3 Å². The van der Waals surface area contributed by atoms with E-state index in [-0.39, 0.29) is 11.8 Å². The zero-order valence-electron chi connectivity index (χ0n) is 13.4. The minimum atomic E-state index is -0.651. The Morgan fingerprint density at radius 3 is 2.12 bits per heavy atom. The zero-order chi connectivity index (χ0) is 16.8. The van der Waals surface area contributed by atoms with Crippen LogP contribution in [0.3, 0.4) is 0 Å². The molecule has 0 aliphatic carbocycles. The van der Waals surface area contributed by atoms with E-state index < -0.39 is 6.04 Å². The van der Waals surface area contributed by atoms with Gasteiger partial charge in [0.1, 0.15) is 6.04 Å². The molecule has 1 N–H and O–H groups in total. The monoisotopic (exact) mass is 340 g/mol. The van der Waals surface area contributed by atoms with E-state index in [1.165, 1.54) is 0 Å². The molecule has 2 aromatic rings. The summed E-state index contributed by atoms with van der Waals surface area (Å²) in [6.45, 7) is 1.46. The van der Waals surface area contributed by atoms with Gasteiger partial charge in [-0.1, -0.05) is 48.5 Å². The largest absolute Gasteiger partial charge is 0.339 e. The van der Waals surface area contributed by atoms with E-state index in [0.717, 1.165) is 30.2 Å². The normalized spacial score (nSPS) is 15.6. The van der Waals surface area contributed by atoms with Crippen LogP contribution >= 0.6 is 11.8 Å². The summed E-state index contributed by atoms with van der Waals surface area (Å²) >= 11 is 1.85. The molecule has 0 spiro atoms. The minimum Gasteiger partial charge on any atom is -0.339 e. The topological polar surface area (TPSA) is 49.4 Å². The fourth-order valence-corrected chi connectivity index (χ4v) is 3.61. The van der Waals surface area contributed by atoms with E-state index in [1.807, 2.05) is 65.2 Å². The third-order valence-electron chi connectivity index (χ3n) is 4.01. The van der Waals surface area contributed by atoms with Gasteiger partial charge in [0.15, 0.2) is 0 Å². The summed E-state index contributed by atoms with van der Waals surface area (Å²) in [6, 6.07) is 17.8. The maximum absolute atomic E-state index is 13.0.